The number of rotatable bonds is 4. The molecule has 2 unspecified atom stereocenters. The van der Waals surface area contributed by atoms with E-state index in [9.17, 15) is 14.7 Å². The van der Waals surface area contributed by atoms with E-state index in [4.69, 9.17) is 0 Å². The van der Waals surface area contributed by atoms with Gasteiger partial charge in [-0.15, -0.1) is 0 Å². The molecule has 0 bridgehead atoms. The van der Waals surface area contributed by atoms with Crippen LogP contribution in [0.4, 0.5) is 0 Å². The first-order valence-electron chi connectivity index (χ1n) is 8.10. The fourth-order valence-electron chi connectivity index (χ4n) is 3.34. The normalized spacial score (nSPS) is 26.3. The second-order valence-corrected chi connectivity index (χ2v) is 7.08. The highest BCUT2D eigenvalue weighted by atomic mass is 16.4. The predicted molar refractivity (Wildman–Crippen MR) is 81.0 cm³/mol. The van der Waals surface area contributed by atoms with Crippen LogP contribution < -0.4 is 0 Å². The number of carboxylic acids is 1. The first kappa shape index (κ1) is 16.3. The van der Waals surface area contributed by atoms with Crippen LogP contribution in [0.2, 0.25) is 0 Å². The van der Waals surface area contributed by atoms with E-state index in [1.807, 2.05) is 18.7 Å². The Morgan fingerprint density at radius 2 is 1.95 bits per heavy atom. The molecule has 0 radical (unpaired) electrons. The van der Waals surface area contributed by atoms with Gasteiger partial charge in [-0.3, -0.25) is 14.5 Å². The summed E-state index contributed by atoms with van der Waals surface area (Å²) < 4.78 is 0. The number of fused-ring (bicyclic) bond motifs is 1. The van der Waals surface area contributed by atoms with Crippen LogP contribution in [0.1, 0.15) is 46.5 Å². The van der Waals surface area contributed by atoms with Crippen LogP contribution in [0.3, 0.4) is 0 Å². The Morgan fingerprint density at radius 3 is 2.57 bits per heavy atom. The third-order valence-electron chi connectivity index (χ3n) is 5.47. The Kier molecular flexibility index (Phi) is 4.91. The number of amides is 1. The molecule has 0 aromatic carbocycles. The molecule has 0 spiro atoms. The first-order valence-corrected chi connectivity index (χ1v) is 8.10. The fraction of sp³-hybridized carbons (Fsp3) is 0.875. The molecule has 0 aliphatic carbocycles. The SMILES string of the molecule is CC(C)C(C)(CC(=O)N1CCN2CCCCC2C1)C(=O)O. The van der Waals surface area contributed by atoms with Gasteiger partial charge in [0.05, 0.1) is 5.41 Å². The van der Waals surface area contributed by atoms with E-state index in [1.165, 1.54) is 12.8 Å². The quantitative estimate of drug-likeness (QED) is 0.859. The molecule has 120 valence electrons. The number of carbonyl (C=O) groups excluding carboxylic acids is 1. The lowest BCUT2D eigenvalue weighted by molar-refractivity contribution is -0.156. The van der Waals surface area contributed by atoms with Crippen molar-refractivity contribution >= 4 is 11.9 Å². The van der Waals surface area contributed by atoms with Gasteiger partial charge in [0.1, 0.15) is 0 Å². The van der Waals surface area contributed by atoms with Crippen molar-refractivity contribution in [1.29, 1.82) is 0 Å². The minimum absolute atomic E-state index is 0.00109. The van der Waals surface area contributed by atoms with E-state index in [1.54, 1.807) is 6.92 Å². The summed E-state index contributed by atoms with van der Waals surface area (Å²) >= 11 is 0. The largest absolute Gasteiger partial charge is 0.481 e. The highest BCUT2D eigenvalue weighted by Crippen LogP contribution is 2.32. The Bertz CT molecular complexity index is 410. The van der Waals surface area contributed by atoms with Gasteiger partial charge in [-0.2, -0.15) is 0 Å². The number of hydrogen-bond acceptors (Lipinski definition) is 3. The topological polar surface area (TPSA) is 60.9 Å². The third-order valence-corrected chi connectivity index (χ3v) is 5.47. The van der Waals surface area contributed by atoms with E-state index in [-0.39, 0.29) is 18.2 Å². The molecule has 0 aromatic rings. The van der Waals surface area contributed by atoms with Crippen molar-refractivity contribution in [1.82, 2.24) is 9.80 Å². The summed E-state index contributed by atoms with van der Waals surface area (Å²) in [5, 5.41) is 9.46. The van der Waals surface area contributed by atoms with Gasteiger partial charge < -0.3 is 10.0 Å². The summed E-state index contributed by atoms with van der Waals surface area (Å²) in [6.45, 7) is 9.03. The van der Waals surface area contributed by atoms with Gasteiger partial charge >= 0.3 is 5.97 Å². The number of carbonyl (C=O) groups is 2. The number of aliphatic carboxylic acids is 1. The summed E-state index contributed by atoms with van der Waals surface area (Å²) in [5.74, 6) is -0.934. The minimum atomic E-state index is -0.971. The maximum absolute atomic E-state index is 12.5. The predicted octanol–water partition coefficient (Wildman–Crippen LogP) is 1.82. The lowest BCUT2D eigenvalue weighted by Crippen LogP contribution is -2.56. The van der Waals surface area contributed by atoms with Gasteiger partial charge in [0, 0.05) is 32.1 Å². The zero-order valence-corrected chi connectivity index (χ0v) is 13.5. The van der Waals surface area contributed by atoms with Crippen LogP contribution in [0.15, 0.2) is 0 Å². The van der Waals surface area contributed by atoms with Gasteiger partial charge in [-0.25, -0.2) is 0 Å². The van der Waals surface area contributed by atoms with E-state index >= 15 is 0 Å². The Morgan fingerprint density at radius 1 is 1.24 bits per heavy atom. The van der Waals surface area contributed by atoms with Gasteiger partial charge in [0.2, 0.25) is 5.91 Å². The molecule has 21 heavy (non-hydrogen) atoms. The summed E-state index contributed by atoms with van der Waals surface area (Å²) in [6, 6.07) is 0.478. The number of piperazine rings is 1. The molecule has 5 nitrogen and oxygen atoms in total. The van der Waals surface area contributed by atoms with Crippen LogP contribution in [0, 0.1) is 11.3 Å². The lowest BCUT2D eigenvalue weighted by atomic mass is 9.76. The molecule has 2 heterocycles. The molecule has 0 aromatic heterocycles. The molecule has 2 aliphatic heterocycles. The molecule has 2 aliphatic rings. The fourth-order valence-corrected chi connectivity index (χ4v) is 3.34. The summed E-state index contributed by atoms with van der Waals surface area (Å²) in [6.07, 6.45) is 3.76. The van der Waals surface area contributed by atoms with E-state index in [0.29, 0.717) is 6.04 Å². The average Bonchev–Trinajstić information content (AvgIpc) is 2.46. The molecule has 1 amide bonds. The number of carboxylic acid groups (broad SMARTS) is 1. The van der Waals surface area contributed by atoms with Gasteiger partial charge in [-0.1, -0.05) is 20.3 Å². The van der Waals surface area contributed by atoms with Gasteiger partial charge in [-0.05, 0) is 32.2 Å². The minimum Gasteiger partial charge on any atom is -0.481 e. The maximum atomic E-state index is 12.5. The van der Waals surface area contributed by atoms with Crippen molar-refractivity contribution < 1.29 is 14.7 Å². The second kappa shape index (κ2) is 6.34. The van der Waals surface area contributed by atoms with Crippen LogP contribution in [0.5, 0.6) is 0 Å². The first-order chi connectivity index (χ1) is 9.84. The Hall–Kier alpha value is -1.10. The van der Waals surface area contributed by atoms with Crippen LogP contribution in [-0.4, -0.2) is 59.0 Å². The van der Waals surface area contributed by atoms with Crippen molar-refractivity contribution in [2.24, 2.45) is 11.3 Å². The molecule has 2 saturated heterocycles. The summed E-state index contributed by atoms with van der Waals surface area (Å²) in [7, 11) is 0. The zero-order chi connectivity index (χ0) is 15.6. The Balaban J connectivity index is 1.98. The van der Waals surface area contributed by atoms with E-state index < -0.39 is 11.4 Å². The molecular formula is C16H28N2O3. The number of piperidine rings is 1. The molecule has 2 atom stereocenters. The van der Waals surface area contributed by atoms with E-state index in [2.05, 4.69) is 4.90 Å². The highest BCUT2D eigenvalue weighted by Gasteiger charge is 2.41. The van der Waals surface area contributed by atoms with Crippen molar-refractivity contribution in [2.75, 3.05) is 26.2 Å². The smallest absolute Gasteiger partial charge is 0.310 e. The van der Waals surface area contributed by atoms with Crippen molar-refractivity contribution in [3.05, 3.63) is 0 Å². The van der Waals surface area contributed by atoms with Gasteiger partial charge in [0.15, 0.2) is 0 Å². The standard InChI is InChI=1S/C16H28N2O3/c1-12(2)16(3,15(20)21)10-14(19)18-9-8-17-7-5-4-6-13(17)11-18/h12-13H,4-11H2,1-3H3,(H,20,21). The third kappa shape index (κ3) is 3.39. The average molecular weight is 296 g/mol. The van der Waals surface area contributed by atoms with Crippen LogP contribution in [-0.2, 0) is 9.59 Å². The van der Waals surface area contributed by atoms with Crippen LogP contribution in [0.25, 0.3) is 0 Å². The molecule has 5 heteroatoms. The van der Waals surface area contributed by atoms with E-state index in [0.717, 1.165) is 32.6 Å². The van der Waals surface area contributed by atoms with Crippen molar-refractivity contribution in [2.45, 2.75) is 52.5 Å². The number of nitrogens with zero attached hydrogens (tertiary/aromatic N) is 2. The van der Waals surface area contributed by atoms with Crippen LogP contribution >= 0.6 is 0 Å². The molecule has 2 fully saturated rings. The number of hydrogen-bond donors (Lipinski definition) is 1. The zero-order valence-electron chi connectivity index (χ0n) is 13.5. The van der Waals surface area contributed by atoms with Crippen molar-refractivity contribution in [3.8, 4) is 0 Å². The molecule has 1 N–H and O–H groups in total. The lowest BCUT2D eigenvalue weighted by Gasteiger charge is -2.44. The Labute approximate surface area is 127 Å². The molecular weight excluding hydrogens is 268 g/mol. The molecule has 2 rings (SSSR count). The summed E-state index contributed by atoms with van der Waals surface area (Å²) in [4.78, 5) is 28.4. The maximum Gasteiger partial charge on any atom is 0.310 e. The van der Waals surface area contributed by atoms with Gasteiger partial charge in [0.25, 0.3) is 0 Å². The summed E-state index contributed by atoms with van der Waals surface area (Å²) in [5.41, 5.74) is -0.971. The molecule has 0 saturated carbocycles. The monoisotopic (exact) mass is 296 g/mol. The second-order valence-electron chi connectivity index (χ2n) is 7.08. The van der Waals surface area contributed by atoms with Crippen molar-refractivity contribution in [3.63, 3.8) is 0 Å². The highest BCUT2D eigenvalue weighted by molar-refractivity contribution is 5.85.